The number of thioether (sulfide) groups is 1. The van der Waals surface area contributed by atoms with Crippen LogP contribution in [0.5, 0.6) is 0 Å². The van der Waals surface area contributed by atoms with E-state index in [4.69, 9.17) is 10.5 Å². The van der Waals surface area contributed by atoms with E-state index >= 15 is 0 Å². The summed E-state index contributed by atoms with van der Waals surface area (Å²) >= 11 is 6.47. The summed E-state index contributed by atoms with van der Waals surface area (Å²) in [6.45, 7) is 2.15. The zero-order valence-corrected chi connectivity index (χ0v) is 12.4. The van der Waals surface area contributed by atoms with Crippen LogP contribution in [0.4, 0.5) is 0 Å². The number of thiophene rings is 1. The fourth-order valence-corrected chi connectivity index (χ4v) is 4.20. The van der Waals surface area contributed by atoms with Crippen molar-refractivity contribution in [3.05, 3.63) is 28.5 Å². The highest BCUT2D eigenvalue weighted by Gasteiger charge is 2.44. The van der Waals surface area contributed by atoms with E-state index in [2.05, 4.69) is 15.9 Å². The molecule has 0 saturated heterocycles. The first-order chi connectivity index (χ1) is 8.04. The van der Waals surface area contributed by atoms with Crippen LogP contribution in [0.15, 0.2) is 22.9 Å². The topological polar surface area (TPSA) is 52.3 Å². The molecule has 1 aliphatic rings. The van der Waals surface area contributed by atoms with Crippen molar-refractivity contribution in [2.75, 3.05) is 6.61 Å². The van der Waals surface area contributed by atoms with E-state index in [0.29, 0.717) is 6.61 Å². The monoisotopic (exact) mass is 333 g/mol. The van der Waals surface area contributed by atoms with Gasteiger partial charge in [0.25, 0.3) is 0 Å². The van der Waals surface area contributed by atoms with Gasteiger partial charge in [-0.25, -0.2) is 0 Å². The second kappa shape index (κ2) is 5.14. The molecule has 0 aliphatic carbocycles. The molecule has 2 unspecified atom stereocenters. The Morgan fingerprint density at radius 3 is 3.06 bits per heavy atom. The molecule has 2 N–H and O–H groups in total. The van der Waals surface area contributed by atoms with Crippen molar-refractivity contribution in [3.8, 4) is 0 Å². The van der Waals surface area contributed by atoms with Gasteiger partial charge >= 0.3 is 5.97 Å². The Morgan fingerprint density at radius 2 is 2.47 bits per heavy atom. The van der Waals surface area contributed by atoms with E-state index in [1.807, 2.05) is 22.9 Å². The number of carbonyl (C=O) groups is 1. The fourth-order valence-electron chi connectivity index (χ4n) is 1.55. The minimum absolute atomic E-state index is 0.287. The molecule has 3 nitrogen and oxygen atoms in total. The Bertz CT molecular complexity index is 442. The van der Waals surface area contributed by atoms with E-state index in [0.717, 1.165) is 10.5 Å². The van der Waals surface area contributed by atoms with Crippen molar-refractivity contribution in [2.24, 2.45) is 11.7 Å². The number of carbonyl (C=O) groups excluding carboxylic acids is 1. The molecule has 1 aromatic heterocycles. The number of esters is 1. The zero-order chi connectivity index (χ0) is 12.5. The first kappa shape index (κ1) is 13.1. The van der Waals surface area contributed by atoms with E-state index in [9.17, 15) is 4.79 Å². The fraction of sp³-hybridized carbons (Fsp3) is 0.364. The Hall–Kier alpha value is -0.300. The van der Waals surface area contributed by atoms with Crippen LogP contribution in [0.2, 0.25) is 0 Å². The Labute approximate surface area is 117 Å². The molecule has 6 heteroatoms. The maximum Gasteiger partial charge on any atom is 0.316 e. The average molecular weight is 334 g/mol. The van der Waals surface area contributed by atoms with E-state index in [1.165, 1.54) is 11.8 Å². The van der Waals surface area contributed by atoms with Crippen LogP contribution in [0, 0.1) is 5.92 Å². The van der Waals surface area contributed by atoms with E-state index in [-0.39, 0.29) is 5.97 Å². The van der Waals surface area contributed by atoms with Crippen molar-refractivity contribution in [2.45, 2.75) is 10.7 Å². The highest BCUT2D eigenvalue weighted by molar-refractivity contribution is 9.12. The Balaban J connectivity index is 2.23. The molecule has 0 radical (unpaired) electrons. The van der Waals surface area contributed by atoms with Crippen LogP contribution >= 0.6 is 39.0 Å². The minimum Gasteiger partial charge on any atom is -0.465 e. The van der Waals surface area contributed by atoms with Crippen LogP contribution in [-0.4, -0.2) is 16.4 Å². The molecular formula is C11H12BrNO2S2. The first-order valence-corrected chi connectivity index (χ1v) is 7.67. The maximum atomic E-state index is 11.8. The Kier molecular flexibility index (Phi) is 3.97. The number of hydrogen-bond acceptors (Lipinski definition) is 5. The van der Waals surface area contributed by atoms with Crippen LogP contribution in [0.1, 0.15) is 12.5 Å². The number of alkyl halides is 1. The van der Waals surface area contributed by atoms with Gasteiger partial charge in [0.1, 0.15) is 9.70 Å². The molecule has 2 rings (SSSR count). The van der Waals surface area contributed by atoms with Crippen molar-refractivity contribution >= 4 is 49.9 Å². The molecule has 2 atom stereocenters. The molecule has 2 heterocycles. The van der Waals surface area contributed by atoms with Crippen molar-refractivity contribution in [3.63, 3.8) is 0 Å². The minimum atomic E-state index is -0.809. The first-order valence-electron chi connectivity index (χ1n) is 5.12. The number of halogens is 1. The van der Waals surface area contributed by atoms with Crippen LogP contribution in [0.3, 0.4) is 0 Å². The third kappa shape index (κ3) is 2.76. The number of hydrogen-bond donors (Lipinski definition) is 1. The van der Waals surface area contributed by atoms with Gasteiger partial charge in [-0.3, -0.25) is 4.79 Å². The van der Waals surface area contributed by atoms with E-state index in [1.54, 1.807) is 18.3 Å². The molecule has 0 fully saturated rings. The second-order valence-electron chi connectivity index (χ2n) is 3.57. The van der Waals surface area contributed by atoms with Crippen LogP contribution < -0.4 is 5.73 Å². The molecule has 0 saturated carbocycles. The summed E-state index contributed by atoms with van der Waals surface area (Å²) in [7, 11) is 0. The summed E-state index contributed by atoms with van der Waals surface area (Å²) in [6, 6.07) is 2.01. The standard InChI is InChI=1S/C11H12BrNO2S2/c1-2-15-10(14)8-5-9(17-11(8,12)13)7-3-4-16-6-7/h3-6,8H,2,13H2,1H3. The molecular weight excluding hydrogens is 322 g/mol. The lowest BCUT2D eigenvalue weighted by Gasteiger charge is -2.21. The van der Waals surface area contributed by atoms with Gasteiger partial charge in [-0.05, 0) is 29.3 Å². The summed E-state index contributed by atoms with van der Waals surface area (Å²) in [6.07, 6.45) is 1.87. The molecule has 17 heavy (non-hydrogen) atoms. The lowest BCUT2D eigenvalue weighted by atomic mass is 10.1. The summed E-state index contributed by atoms with van der Waals surface area (Å²) in [5.74, 6) is -0.744. The third-order valence-corrected chi connectivity index (χ3v) is 5.18. The van der Waals surface area contributed by atoms with Gasteiger partial charge < -0.3 is 10.5 Å². The SMILES string of the molecule is CCOC(=O)C1C=C(c2ccsc2)SC1(N)Br. The van der Waals surface area contributed by atoms with Crippen LogP contribution in [-0.2, 0) is 9.53 Å². The predicted molar refractivity (Wildman–Crippen MR) is 75.9 cm³/mol. The highest BCUT2D eigenvalue weighted by atomic mass is 79.9. The van der Waals surface area contributed by atoms with Crippen molar-refractivity contribution in [1.29, 1.82) is 0 Å². The molecule has 92 valence electrons. The highest BCUT2D eigenvalue weighted by Crippen LogP contribution is 2.51. The predicted octanol–water partition coefficient (Wildman–Crippen LogP) is 3.02. The molecule has 0 aromatic carbocycles. The zero-order valence-electron chi connectivity index (χ0n) is 9.18. The summed E-state index contributed by atoms with van der Waals surface area (Å²) in [4.78, 5) is 12.8. The van der Waals surface area contributed by atoms with Crippen molar-refractivity contribution in [1.82, 2.24) is 0 Å². The van der Waals surface area contributed by atoms with Gasteiger partial charge in [-0.15, -0.1) is 0 Å². The summed E-state index contributed by atoms with van der Waals surface area (Å²) < 4.78 is 4.21. The maximum absolute atomic E-state index is 11.8. The van der Waals surface area contributed by atoms with Gasteiger partial charge in [-0.1, -0.05) is 33.8 Å². The molecule has 1 aromatic rings. The van der Waals surface area contributed by atoms with Crippen molar-refractivity contribution < 1.29 is 9.53 Å². The second-order valence-corrected chi connectivity index (χ2v) is 7.51. The molecule has 0 spiro atoms. The normalized spacial score (nSPS) is 27.9. The lowest BCUT2D eigenvalue weighted by Crippen LogP contribution is -2.39. The average Bonchev–Trinajstić information content (AvgIpc) is 2.84. The summed E-state index contributed by atoms with van der Waals surface area (Å²) in [5, 5.41) is 4.04. The van der Waals surface area contributed by atoms with E-state index < -0.39 is 9.70 Å². The van der Waals surface area contributed by atoms with Gasteiger partial charge in [0.2, 0.25) is 0 Å². The molecule has 0 bridgehead atoms. The smallest absolute Gasteiger partial charge is 0.316 e. The summed E-state index contributed by atoms with van der Waals surface area (Å²) in [5.41, 5.74) is 7.18. The largest absolute Gasteiger partial charge is 0.465 e. The lowest BCUT2D eigenvalue weighted by molar-refractivity contribution is -0.146. The van der Waals surface area contributed by atoms with Gasteiger partial charge in [0, 0.05) is 4.91 Å². The number of nitrogens with two attached hydrogens (primary N) is 1. The molecule has 0 amide bonds. The molecule has 1 aliphatic heterocycles. The third-order valence-electron chi connectivity index (χ3n) is 2.35. The van der Waals surface area contributed by atoms with Gasteiger partial charge in [-0.2, -0.15) is 11.3 Å². The Morgan fingerprint density at radius 1 is 1.71 bits per heavy atom. The van der Waals surface area contributed by atoms with Crippen LogP contribution in [0.25, 0.3) is 4.91 Å². The van der Waals surface area contributed by atoms with Gasteiger partial charge in [0.05, 0.1) is 6.61 Å². The number of rotatable bonds is 3. The number of ether oxygens (including phenoxy) is 1. The van der Waals surface area contributed by atoms with Gasteiger partial charge in [0.15, 0.2) is 0 Å². The quantitative estimate of drug-likeness (QED) is 0.524.